The Bertz CT molecular complexity index is 788. The lowest BCUT2D eigenvalue weighted by atomic mass is 9.83. The molecule has 0 bridgehead atoms. The first-order valence-electron chi connectivity index (χ1n) is 9.69. The molecule has 5 heteroatoms. The van der Waals surface area contributed by atoms with Gasteiger partial charge in [-0.3, -0.25) is 4.79 Å². The Balaban J connectivity index is 1.73. The van der Waals surface area contributed by atoms with Crippen molar-refractivity contribution in [2.24, 2.45) is 5.92 Å². The standard InChI is InChI=1S/C23H27NO4/c1-17(25)21-9-6-14-24(23(26)28-16-19-7-4-3-5-8-19)22(21)15-18-10-12-20(27-2)13-11-18/h3-5,7-8,10-13,21-22H,6,9,14-16H2,1-2H3/t21-,22+/m0/s1. The monoisotopic (exact) mass is 381 g/mol. The topological polar surface area (TPSA) is 55.8 Å². The molecule has 2 aromatic rings. The van der Waals surface area contributed by atoms with Crippen molar-refractivity contribution in [3.8, 4) is 5.75 Å². The second kappa shape index (κ2) is 9.40. The SMILES string of the molecule is COc1ccc(C[C@@H]2[C@H](C(C)=O)CCCN2C(=O)OCc2ccccc2)cc1. The van der Waals surface area contributed by atoms with Gasteiger partial charge in [0.25, 0.3) is 0 Å². The van der Waals surface area contributed by atoms with Crippen LogP contribution in [-0.4, -0.2) is 36.5 Å². The molecule has 0 aromatic heterocycles. The van der Waals surface area contributed by atoms with Gasteiger partial charge in [-0.25, -0.2) is 4.79 Å². The molecule has 0 unspecified atom stereocenters. The van der Waals surface area contributed by atoms with Crippen LogP contribution in [0.25, 0.3) is 0 Å². The maximum absolute atomic E-state index is 12.8. The molecule has 0 radical (unpaired) electrons. The first kappa shape index (κ1) is 19.9. The molecular weight excluding hydrogens is 354 g/mol. The van der Waals surface area contributed by atoms with E-state index in [9.17, 15) is 9.59 Å². The average Bonchev–Trinajstić information content (AvgIpc) is 2.73. The smallest absolute Gasteiger partial charge is 0.410 e. The van der Waals surface area contributed by atoms with E-state index in [4.69, 9.17) is 9.47 Å². The van der Waals surface area contributed by atoms with Crippen molar-refractivity contribution in [1.82, 2.24) is 4.90 Å². The highest BCUT2D eigenvalue weighted by atomic mass is 16.6. The fraction of sp³-hybridized carbons (Fsp3) is 0.391. The number of benzene rings is 2. The second-order valence-corrected chi connectivity index (χ2v) is 7.21. The van der Waals surface area contributed by atoms with Gasteiger partial charge in [0.05, 0.1) is 7.11 Å². The van der Waals surface area contributed by atoms with E-state index in [1.807, 2.05) is 54.6 Å². The summed E-state index contributed by atoms with van der Waals surface area (Å²) in [4.78, 5) is 26.8. The van der Waals surface area contributed by atoms with Crippen molar-refractivity contribution >= 4 is 11.9 Å². The zero-order valence-electron chi connectivity index (χ0n) is 16.5. The van der Waals surface area contributed by atoms with Crippen molar-refractivity contribution in [3.63, 3.8) is 0 Å². The number of carbonyl (C=O) groups excluding carboxylic acids is 2. The van der Waals surface area contributed by atoms with E-state index in [1.54, 1.807) is 18.9 Å². The van der Waals surface area contributed by atoms with Gasteiger partial charge in [0.15, 0.2) is 0 Å². The van der Waals surface area contributed by atoms with Crippen LogP contribution in [0.4, 0.5) is 4.79 Å². The van der Waals surface area contributed by atoms with Crippen LogP contribution in [0.3, 0.4) is 0 Å². The van der Waals surface area contributed by atoms with Gasteiger partial charge in [-0.1, -0.05) is 42.5 Å². The lowest BCUT2D eigenvalue weighted by Gasteiger charge is -2.39. The Morgan fingerprint density at radius 3 is 2.39 bits per heavy atom. The fourth-order valence-corrected chi connectivity index (χ4v) is 3.82. The van der Waals surface area contributed by atoms with Gasteiger partial charge in [-0.05, 0) is 49.4 Å². The van der Waals surface area contributed by atoms with Crippen LogP contribution in [-0.2, 0) is 22.6 Å². The first-order chi connectivity index (χ1) is 13.6. The molecule has 5 nitrogen and oxygen atoms in total. The number of ketones is 1. The molecule has 1 aliphatic rings. The van der Waals surface area contributed by atoms with Crippen molar-refractivity contribution in [1.29, 1.82) is 0 Å². The average molecular weight is 381 g/mol. The van der Waals surface area contributed by atoms with Crippen molar-refractivity contribution in [2.75, 3.05) is 13.7 Å². The highest BCUT2D eigenvalue weighted by Gasteiger charge is 2.37. The van der Waals surface area contributed by atoms with Gasteiger partial charge in [0.2, 0.25) is 0 Å². The Morgan fingerprint density at radius 2 is 1.75 bits per heavy atom. The molecule has 1 aliphatic heterocycles. The summed E-state index contributed by atoms with van der Waals surface area (Å²) in [5.74, 6) is 0.744. The normalized spacial score (nSPS) is 19.1. The summed E-state index contributed by atoms with van der Waals surface area (Å²) in [5, 5.41) is 0. The third-order valence-electron chi connectivity index (χ3n) is 5.34. The quantitative estimate of drug-likeness (QED) is 0.751. The lowest BCUT2D eigenvalue weighted by molar-refractivity contribution is -0.124. The number of ether oxygens (including phenoxy) is 2. The Morgan fingerprint density at radius 1 is 1.04 bits per heavy atom. The molecule has 0 spiro atoms. The van der Waals surface area contributed by atoms with Crippen LogP contribution in [0.2, 0.25) is 0 Å². The number of rotatable bonds is 6. The van der Waals surface area contributed by atoms with E-state index in [-0.39, 0.29) is 30.4 Å². The van der Waals surface area contributed by atoms with Gasteiger partial charge >= 0.3 is 6.09 Å². The molecule has 1 heterocycles. The van der Waals surface area contributed by atoms with E-state index in [0.717, 1.165) is 29.7 Å². The maximum atomic E-state index is 12.8. The number of hydrogen-bond acceptors (Lipinski definition) is 4. The summed E-state index contributed by atoms with van der Waals surface area (Å²) >= 11 is 0. The zero-order valence-corrected chi connectivity index (χ0v) is 16.5. The summed E-state index contributed by atoms with van der Waals surface area (Å²) in [6, 6.07) is 17.2. The zero-order chi connectivity index (χ0) is 19.9. The predicted molar refractivity (Wildman–Crippen MR) is 107 cm³/mol. The van der Waals surface area contributed by atoms with Crippen LogP contribution in [0.1, 0.15) is 30.9 Å². The molecule has 2 atom stereocenters. The lowest BCUT2D eigenvalue weighted by Crippen LogP contribution is -2.51. The molecule has 0 aliphatic carbocycles. The Kier molecular flexibility index (Phi) is 6.69. The number of nitrogens with zero attached hydrogens (tertiary/aromatic N) is 1. The van der Waals surface area contributed by atoms with Crippen LogP contribution in [0.5, 0.6) is 5.75 Å². The molecule has 0 N–H and O–H groups in total. The van der Waals surface area contributed by atoms with Crippen LogP contribution in [0.15, 0.2) is 54.6 Å². The number of amides is 1. The molecule has 1 fully saturated rings. The minimum atomic E-state index is -0.353. The number of Topliss-reactive ketones (excluding diaryl/α,β-unsaturated/α-hetero) is 1. The second-order valence-electron chi connectivity index (χ2n) is 7.21. The van der Waals surface area contributed by atoms with E-state index in [2.05, 4.69) is 0 Å². The molecule has 28 heavy (non-hydrogen) atoms. The van der Waals surface area contributed by atoms with E-state index in [1.165, 1.54) is 0 Å². The molecule has 3 rings (SSSR count). The van der Waals surface area contributed by atoms with Gasteiger partial charge in [-0.2, -0.15) is 0 Å². The first-order valence-corrected chi connectivity index (χ1v) is 9.69. The molecule has 148 valence electrons. The third kappa shape index (κ3) is 4.91. The van der Waals surface area contributed by atoms with Crippen molar-refractivity contribution in [2.45, 2.75) is 38.8 Å². The number of piperidine rings is 1. The van der Waals surface area contributed by atoms with Crippen LogP contribution >= 0.6 is 0 Å². The van der Waals surface area contributed by atoms with E-state index < -0.39 is 0 Å². The Labute approximate surface area is 166 Å². The minimum Gasteiger partial charge on any atom is -0.497 e. The summed E-state index contributed by atoms with van der Waals surface area (Å²) in [6.07, 6.45) is 1.88. The Hall–Kier alpha value is -2.82. The van der Waals surface area contributed by atoms with Gasteiger partial charge < -0.3 is 14.4 Å². The highest BCUT2D eigenvalue weighted by molar-refractivity contribution is 5.80. The van der Waals surface area contributed by atoms with Gasteiger partial charge in [0.1, 0.15) is 18.1 Å². The van der Waals surface area contributed by atoms with E-state index in [0.29, 0.717) is 13.0 Å². The largest absolute Gasteiger partial charge is 0.497 e. The minimum absolute atomic E-state index is 0.124. The number of likely N-dealkylation sites (tertiary alicyclic amines) is 1. The number of hydrogen-bond donors (Lipinski definition) is 0. The van der Waals surface area contributed by atoms with Crippen LogP contribution in [0, 0.1) is 5.92 Å². The molecule has 2 aromatic carbocycles. The summed E-state index contributed by atoms with van der Waals surface area (Å²) < 4.78 is 10.8. The third-order valence-corrected chi connectivity index (χ3v) is 5.34. The molecular formula is C23H27NO4. The highest BCUT2D eigenvalue weighted by Crippen LogP contribution is 2.28. The molecule has 1 amide bonds. The summed E-state index contributed by atoms with van der Waals surface area (Å²) in [5.41, 5.74) is 2.02. The van der Waals surface area contributed by atoms with Gasteiger partial charge in [0, 0.05) is 18.5 Å². The predicted octanol–water partition coefficient (Wildman–Crippen LogP) is 4.24. The van der Waals surface area contributed by atoms with Crippen molar-refractivity contribution in [3.05, 3.63) is 65.7 Å². The number of carbonyl (C=O) groups is 2. The van der Waals surface area contributed by atoms with E-state index >= 15 is 0 Å². The summed E-state index contributed by atoms with van der Waals surface area (Å²) in [7, 11) is 1.63. The summed E-state index contributed by atoms with van der Waals surface area (Å²) in [6.45, 7) is 2.46. The number of methoxy groups -OCH3 is 1. The maximum Gasteiger partial charge on any atom is 0.410 e. The molecule has 0 saturated carbocycles. The van der Waals surface area contributed by atoms with Crippen LogP contribution < -0.4 is 4.74 Å². The van der Waals surface area contributed by atoms with Gasteiger partial charge in [-0.15, -0.1) is 0 Å². The fourth-order valence-electron chi connectivity index (χ4n) is 3.82. The van der Waals surface area contributed by atoms with Crippen molar-refractivity contribution < 1.29 is 19.1 Å². The molecule has 1 saturated heterocycles.